The van der Waals surface area contributed by atoms with E-state index in [4.69, 9.17) is 10.2 Å². The summed E-state index contributed by atoms with van der Waals surface area (Å²) < 4.78 is 0. The Balaban J connectivity index is 4.87. The molecule has 0 fully saturated rings. The van der Waals surface area contributed by atoms with Gasteiger partial charge in [0, 0.05) is 12.3 Å². The predicted molar refractivity (Wildman–Crippen MR) is 61.6 cm³/mol. The average Bonchev–Trinajstić information content (AvgIpc) is 2.23. The molecule has 2 atom stereocenters. The third kappa shape index (κ3) is 4.17. The van der Waals surface area contributed by atoms with Gasteiger partial charge in [0.2, 0.25) is 0 Å². The summed E-state index contributed by atoms with van der Waals surface area (Å²) in [4.78, 5) is 32.7. The van der Waals surface area contributed by atoms with Gasteiger partial charge in [-0.15, -0.1) is 0 Å². The van der Waals surface area contributed by atoms with Crippen molar-refractivity contribution in [3.63, 3.8) is 0 Å². The maximum atomic E-state index is 11.1. The summed E-state index contributed by atoms with van der Waals surface area (Å²) in [6.07, 6.45) is 1.52. The monoisotopic (exact) mass is 244 g/mol. The second kappa shape index (κ2) is 6.37. The summed E-state index contributed by atoms with van der Waals surface area (Å²) in [6, 6.07) is 0. The van der Waals surface area contributed by atoms with Crippen molar-refractivity contribution in [2.45, 2.75) is 40.0 Å². The van der Waals surface area contributed by atoms with E-state index in [1.54, 1.807) is 0 Å². The van der Waals surface area contributed by atoms with E-state index in [0.717, 1.165) is 0 Å². The summed E-state index contributed by atoms with van der Waals surface area (Å²) in [5.74, 6) is -2.84. The number of carboxylic acids is 2. The molecule has 17 heavy (non-hydrogen) atoms. The summed E-state index contributed by atoms with van der Waals surface area (Å²) in [6.45, 7) is 4.83. The fraction of sp³-hybridized carbons (Fsp3) is 0.750. The zero-order chi connectivity index (χ0) is 13.6. The average molecular weight is 244 g/mol. The van der Waals surface area contributed by atoms with Crippen molar-refractivity contribution in [1.29, 1.82) is 0 Å². The lowest BCUT2D eigenvalue weighted by molar-refractivity contribution is -0.153. The highest BCUT2D eigenvalue weighted by Gasteiger charge is 2.40. The Labute approximate surface area is 101 Å². The van der Waals surface area contributed by atoms with Gasteiger partial charge in [0.05, 0.1) is 5.41 Å². The molecule has 0 radical (unpaired) electrons. The van der Waals surface area contributed by atoms with Crippen LogP contribution in [0.5, 0.6) is 0 Å². The Kier molecular flexibility index (Phi) is 5.85. The van der Waals surface area contributed by atoms with E-state index in [1.807, 2.05) is 6.92 Å². The van der Waals surface area contributed by atoms with E-state index in [2.05, 4.69) is 0 Å². The van der Waals surface area contributed by atoms with Gasteiger partial charge in [-0.3, -0.25) is 9.59 Å². The van der Waals surface area contributed by atoms with E-state index in [-0.39, 0.29) is 12.3 Å². The molecule has 0 aromatic heterocycles. The van der Waals surface area contributed by atoms with Crippen molar-refractivity contribution >= 4 is 18.2 Å². The van der Waals surface area contributed by atoms with E-state index >= 15 is 0 Å². The predicted octanol–water partition coefficient (Wildman–Crippen LogP) is 1.80. The highest BCUT2D eigenvalue weighted by Crippen LogP contribution is 2.35. The van der Waals surface area contributed by atoms with Crippen LogP contribution in [-0.4, -0.2) is 28.4 Å². The maximum Gasteiger partial charge on any atom is 0.309 e. The van der Waals surface area contributed by atoms with Crippen LogP contribution in [0, 0.1) is 17.3 Å². The molecule has 0 aliphatic rings. The van der Waals surface area contributed by atoms with Crippen molar-refractivity contribution in [3.8, 4) is 0 Å². The van der Waals surface area contributed by atoms with Gasteiger partial charge in [0.25, 0.3) is 0 Å². The topological polar surface area (TPSA) is 91.7 Å². The van der Waals surface area contributed by atoms with Crippen LogP contribution in [0.4, 0.5) is 0 Å². The number of carbonyl (C=O) groups excluding carboxylic acids is 1. The summed E-state index contributed by atoms with van der Waals surface area (Å²) in [5.41, 5.74) is -1.17. The first-order valence-corrected chi connectivity index (χ1v) is 5.67. The normalized spacial score (nSPS) is 15.0. The molecule has 0 heterocycles. The molecular formula is C12H20O5. The third-order valence-corrected chi connectivity index (χ3v) is 3.29. The van der Waals surface area contributed by atoms with Crippen LogP contribution in [-0.2, 0) is 14.4 Å². The minimum atomic E-state index is -1.17. The van der Waals surface area contributed by atoms with Gasteiger partial charge in [-0.25, -0.2) is 0 Å². The lowest BCUT2D eigenvalue weighted by Gasteiger charge is -2.32. The second-order valence-electron chi connectivity index (χ2n) is 4.79. The number of rotatable bonds is 8. The standard InChI is InChI=1S/C12H20O5/c1-4-8(5-6-10(14)15)9(7-13)12(2,3)11(16)17/h7-9H,4-6H2,1-3H3,(H,14,15)(H,16,17). The minimum Gasteiger partial charge on any atom is -0.481 e. The number of aliphatic carboxylic acids is 2. The zero-order valence-corrected chi connectivity index (χ0v) is 10.5. The highest BCUT2D eigenvalue weighted by molar-refractivity contribution is 5.78. The third-order valence-electron chi connectivity index (χ3n) is 3.29. The Bertz CT molecular complexity index is 295. The molecule has 5 nitrogen and oxygen atoms in total. The minimum absolute atomic E-state index is 0.0431. The summed E-state index contributed by atoms with van der Waals surface area (Å²) in [5, 5.41) is 17.7. The van der Waals surface area contributed by atoms with Crippen LogP contribution in [0.25, 0.3) is 0 Å². The highest BCUT2D eigenvalue weighted by atomic mass is 16.4. The molecule has 0 aliphatic heterocycles. The first-order valence-electron chi connectivity index (χ1n) is 5.67. The molecule has 0 aromatic carbocycles. The van der Waals surface area contributed by atoms with Crippen LogP contribution >= 0.6 is 0 Å². The Hall–Kier alpha value is -1.39. The first kappa shape index (κ1) is 15.6. The molecule has 0 aromatic rings. The smallest absolute Gasteiger partial charge is 0.309 e. The quantitative estimate of drug-likeness (QED) is 0.635. The van der Waals surface area contributed by atoms with Gasteiger partial charge in [-0.05, 0) is 26.2 Å². The molecule has 98 valence electrons. The molecule has 0 bridgehead atoms. The van der Waals surface area contributed by atoms with Crippen molar-refractivity contribution in [2.75, 3.05) is 0 Å². The molecule has 2 N–H and O–H groups in total. The van der Waals surface area contributed by atoms with Gasteiger partial charge in [-0.2, -0.15) is 0 Å². The van der Waals surface area contributed by atoms with Crippen molar-refractivity contribution < 1.29 is 24.6 Å². The van der Waals surface area contributed by atoms with Crippen molar-refractivity contribution in [1.82, 2.24) is 0 Å². The summed E-state index contributed by atoms with van der Waals surface area (Å²) in [7, 11) is 0. The Morgan fingerprint density at radius 2 is 1.82 bits per heavy atom. The maximum absolute atomic E-state index is 11.1. The lowest BCUT2D eigenvalue weighted by atomic mass is 9.70. The molecule has 0 spiro atoms. The number of aldehydes is 1. The van der Waals surface area contributed by atoms with Gasteiger partial charge >= 0.3 is 11.9 Å². The van der Waals surface area contributed by atoms with Crippen LogP contribution in [0.2, 0.25) is 0 Å². The van der Waals surface area contributed by atoms with Gasteiger partial charge in [0.15, 0.2) is 0 Å². The molecule has 0 saturated heterocycles. The molecule has 0 amide bonds. The van der Waals surface area contributed by atoms with Crippen LogP contribution < -0.4 is 0 Å². The lowest BCUT2D eigenvalue weighted by Crippen LogP contribution is -2.38. The van der Waals surface area contributed by atoms with E-state index in [1.165, 1.54) is 13.8 Å². The Morgan fingerprint density at radius 1 is 1.29 bits per heavy atom. The summed E-state index contributed by atoms with van der Waals surface area (Å²) >= 11 is 0. The molecule has 0 rings (SSSR count). The van der Waals surface area contributed by atoms with Gasteiger partial charge in [-0.1, -0.05) is 13.3 Å². The zero-order valence-electron chi connectivity index (χ0n) is 10.5. The van der Waals surface area contributed by atoms with Crippen LogP contribution in [0.3, 0.4) is 0 Å². The largest absolute Gasteiger partial charge is 0.481 e. The second-order valence-corrected chi connectivity index (χ2v) is 4.79. The Morgan fingerprint density at radius 3 is 2.12 bits per heavy atom. The van der Waals surface area contributed by atoms with Gasteiger partial charge < -0.3 is 15.0 Å². The number of carbonyl (C=O) groups is 3. The van der Waals surface area contributed by atoms with Crippen LogP contribution in [0.1, 0.15) is 40.0 Å². The molecule has 0 aliphatic carbocycles. The van der Waals surface area contributed by atoms with E-state index in [0.29, 0.717) is 19.1 Å². The molecule has 0 saturated carbocycles. The number of hydrogen-bond donors (Lipinski definition) is 2. The number of carboxylic acid groups (broad SMARTS) is 2. The first-order chi connectivity index (χ1) is 7.77. The van der Waals surface area contributed by atoms with E-state index in [9.17, 15) is 14.4 Å². The fourth-order valence-electron chi connectivity index (χ4n) is 1.96. The van der Waals surface area contributed by atoms with Crippen molar-refractivity contribution in [3.05, 3.63) is 0 Å². The number of hydrogen-bond acceptors (Lipinski definition) is 3. The molecular weight excluding hydrogens is 224 g/mol. The van der Waals surface area contributed by atoms with Crippen molar-refractivity contribution in [2.24, 2.45) is 17.3 Å². The molecule has 5 heteroatoms. The van der Waals surface area contributed by atoms with Gasteiger partial charge in [0.1, 0.15) is 6.29 Å². The fourth-order valence-corrected chi connectivity index (χ4v) is 1.96. The van der Waals surface area contributed by atoms with E-state index < -0.39 is 23.3 Å². The SMILES string of the molecule is CCC(CCC(=O)O)C(C=O)C(C)(C)C(=O)O. The molecule has 2 unspecified atom stereocenters. The van der Waals surface area contributed by atoms with Crippen LogP contribution in [0.15, 0.2) is 0 Å².